The highest BCUT2D eigenvalue weighted by molar-refractivity contribution is 5.96. The molecule has 3 aromatic rings. The maximum atomic E-state index is 13.1. The zero-order valence-corrected chi connectivity index (χ0v) is 15.5. The Morgan fingerprint density at radius 3 is 2.72 bits per heavy atom. The Balaban J connectivity index is 1.79. The molecule has 0 spiro atoms. The summed E-state index contributed by atoms with van der Waals surface area (Å²) in [6, 6.07) is 12.2. The molecule has 1 heterocycles. The number of hydrogen-bond acceptors (Lipinski definition) is 6. The topological polar surface area (TPSA) is 102 Å². The zero-order chi connectivity index (χ0) is 20.8. The molecule has 9 heteroatoms. The fourth-order valence-corrected chi connectivity index (χ4v) is 2.70. The van der Waals surface area contributed by atoms with E-state index in [0.29, 0.717) is 10.9 Å². The third kappa shape index (κ3) is 4.75. The van der Waals surface area contributed by atoms with Gasteiger partial charge < -0.3 is 14.6 Å². The molecule has 0 aliphatic heterocycles. The standard InChI is InChI=1S/C20H18FN3O5/c1-2-28-18(26)11-24-16-9-4-3-8-15(16)19(20(24)27)23-22-17(25)12-29-14-7-5-6-13(21)10-14/h3-10,27H,2,11-12H2,1H3. The molecule has 1 N–H and O–H groups in total. The van der Waals surface area contributed by atoms with Crippen LogP contribution in [0.1, 0.15) is 6.92 Å². The molecule has 1 aromatic heterocycles. The maximum Gasteiger partial charge on any atom is 0.326 e. The number of carbonyl (C=O) groups excluding carboxylic acids is 2. The quantitative estimate of drug-likeness (QED) is 0.482. The van der Waals surface area contributed by atoms with Crippen LogP contribution in [-0.2, 0) is 20.9 Å². The fourth-order valence-electron chi connectivity index (χ4n) is 2.70. The monoisotopic (exact) mass is 399 g/mol. The van der Waals surface area contributed by atoms with Gasteiger partial charge in [0.05, 0.1) is 12.1 Å². The van der Waals surface area contributed by atoms with Gasteiger partial charge in [-0.3, -0.25) is 14.2 Å². The average Bonchev–Trinajstić information content (AvgIpc) is 2.96. The predicted octanol–water partition coefficient (Wildman–Crippen LogP) is 3.74. The summed E-state index contributed by atoms with van der Waals surface area (Å²) in [6.45, 7) is 1.23. The van der Waals surface area contributed by atoms with Crippen molar-refractivity contribution in [1.82, 2.24) is 4.57 Å². The average molecular weight is 399 g/mol. The first-order chi connectivity index (χ1) is 14.0. The molecule has 0 saturated heterocycles. The molecule has 0 radical (unpaired) electrons. The van der Waals surface area contributed by atoms with E-state index in [0.717, 1.165) is 6.07 Å². The first-order valence-electron chi connectivity index (χ1n) is 8.78. The van der Waals surface area contributed by atoms with E-state index in [4.69, 9.17) is 9.47 Å². The van der Waals surface area contributed by atoms with Crippen LogP contribution < -0.4 is 4.74 Å². The summed E-state index contributed by atoms with van der Waals surface area (Å²) in [7, 11) is 0. The fraction of sp³-hybridized carbons (Fsp3) is 0.200. The zero-order valence-electron chi connectivity index (χ0n) is 15.5. The van der Waals surface area contributed by atoms with Crippen molar-refractivity contribution in [3.05, 3.63) is 54.3 Å². The van der Waals surface area contributed by atoms with Gasteiger partial charge in [-0.1, -0.05) is 24.3 Å². The van der Waals surface area contributed by atoms with Crippen LogP contribution in [0.2, 0.25) is 0 Å². The summed E-state index contributed by atoms with van der Waals surface area (Å²) in [5.74, 6) is -1.87. The molecule has 0 aliphatic carbocycles. The van der Waals surface area contributed by atoms with E-state index in [1.54, 1.807) is 31.2 Å². The SMILES string of the molecule is CCOC(=O)Cn1c(O)c(N=NC(=O)COc2cccc(F)c2)c2ccccc21. The van der Waals surface area contributed by atoms with E-state index >= 15 is 0 Å². The summed E-state index contributed by atoms with van der Waals surface area (Å²) in [5.41, 5.74) is 0.583. The Morgan fingerprint density at radius 2 is 1.97 bits per heavy atom. The van der Waals surface area contributed by atoms with Crippen LogP contribution in [0.5, 0.6) is 11.6 Å². The van der Waals surface area contributed by atoms with Crippen molar-refractivity contribution in [3.8, 4) is 11.6 Å². The van der Waals surface area contributed by atoms with Crippen molar-refractivity contribution in [2.24, 2.45) is 10.2 Å². The molecule has 29 heavy (non-hydrogen) atoms. The van der Waals surface area contributed by atoms with E-state index < -0.39 is 24.3 Å². The van der Waals surface area contributed by atoms with E-state index in [1.807, 2.05) is 0 Å². The van der Waals surface area contributed by atoms with E-state index in [-0.39, 0.29) is 30.5 Å². The highest BCUT2D eigenvalue weighted by atomic mass is 19.1. The number of carbonyl (C=O) groups is 2. The van der Waals surface area contributed by atoms with Crippen LogP contribution in [0.15, 0.2) is 58.8 Å². The maximum absolute atomic E-state index is 13.1. The molecule has 2 aromatic carbocycles. The Kier molecular flexibility index (Phi) is 6.18. The molecule has 8 nitrogen and oxygen atoms in total. The lowest BCUT2D eigenvalue weighted by molar-refractivity contribution is -0.143. The number of azo groups is 1. The van der Waals surface area contributed by atoms with Gasteiger partial charge in [-0.15, -0.1) is 10.2 Å². The largest absolute Gasteiger partial charge is 0.493 e. The number of aromatic nitrogens is 1. The van der Waals surface area contributed by atoms with Gasteiger partial charge in [0, 0.05) is 11.5 Å². The Hall–Kier alpha value is -3.75. The van der Waals surface area contributed by atoms with Gasteiger partial charge in [0.15, 0.2) is 12.3 Å². The number of ether oxygens (including phenoxy) is 2. The van der Waals surface area contributed by atoms with Crippen molar-refractivity contribution in [3.63, 3.8) is 0 Å². The second-order valence-corrected chi connectivity index (χ2v) is 5.92. The minimum atomic E-state index is -0.726. The highest BCUT2D eigenvalue weighted by Crippen LogP contribution is 2.38. The molecule has 0 fully saturated rings. The van der Waals surface area contributed by atoms with Gasteiger partial charge in [0.25, 0.3) is 0 Å². The second-order valence-electron chi connectivity index (χ2n) is 5.92. The molecular weight excluding hydrogens is 381 g/mol. The predicted molar refractivity (Wildman–Crippen MR) is 102 cm³/mol. The van der Waals surface area contributed by atoms with Crippen LogP contribution in [0.4, 0.5) is 10.1 Å². The van der Waals surface area contributed by atoms with Crippen LogP contribution in [0.25, 0.3) is 10.9 Å². The van der Waals surface area contributed by atoms with Gasteiger partial charge in [-0.05, 0) is 25.1 Å². The molecule has 150 valence electrons. The summed E-state index contributed by atoms with van der Waals surface area (Å²) in [5, 5.41) is 18.4. The highest BCUT2D eigenvalue weighted by Gasteiger charge is 2.19. The molecule has 0 bridgehead atoms. The molecule has 0 unspecified atom stereocenters. The molecule has 0 atom stereocenters. The van der Waals surface area contributed by atoms with Crippen LogP contribution in [0.3, 0.4) is 0 Å². The number of esters is 1. The number of rotatable bonds is 7. The Bertz CT molecular complexity index is 1080. The summed E-state index contributed by atoms with van der Waals surface area (Å²) < 4.78 is 24.5. The van der Waals surface area contributed by atoms with Crippen molar-refractivity contribution in [2.45, 2.75) is 13.5 Å². The third-order valence-corrected chi connectivity index (χ3v) is 3.93. The normalized spacial score (nSPS) is 11.1. The van der Waals surface area contributed by atoms with E-state index in [9.17, 15) is 19.1 Å². The molecular formula is C20H18FN3O5. The lowest BCUT2D eigenvalue weighted by Crippen LogP contribution is -2.12. The van der Waals surface area contributed by atoms with Gasteiger partial charge in [-0.2, -0.15) is 0 Å². The lowest BCUT2D eigenvalue weighted by Gasteiger charge is -2.06. The Morgan fingerprint density at radius 1 is 1.17 bits per heavy atom. The number of amides is 1. The minimum Gasteiger partial charge on any atom is -0.493 e. The molecule has 1 amide bonds. The molecule has 3 rings (SSSR count). The number of fused-ring (bicyclic) bond motifs is 1. The Labute approximate surface area is 165 Å². The third-order valence-electron chi connectivity index (χ3n) is 3.93. The van der Waals surface area contributed by atoms with Gasteiger partial charge >= 0.3 is 11.9 Å². The number of aromatic hydroxyl groups is 1. The van der Waals surface area contributed by atoms with Gasteiger partial charge in [0.1, 0.15) is 18.1 Å². The summed E-state index contributed by atoms with van der Waals surface area (Å²) >= 11 is 0. The summed E-state index contributed by atoms with van der Waals surface area (Å²) in [4.78, 5) is 23.8. The first kappa shape index (κ1) is 20.0. The van der Waals surface area contributed by atoms with Crippen molar-refractivity contribution >= 4 is 28.5 Å². The minimum absolute atomic E-state index is 0.0454. The number of nitrogens with zero attached hydrogens (tertiary/aromatic N) is 3. The summed E-state index contributed by atoms with van der Waals surface area (Å²) in [6.07, 6.45) is 0. The van der Waals surface area contributed by atoms with E-state index in [2.05, 4.69) is 10.2 Å². The van der Waals surface area contributed by atoms with Crippen molar-refractivity contribution < 1.29 is 28.6 Å². The number of benzene rings is 2. The molecule has 0 saturated carbocycles. The number of hydrogen-bond donors (Lipinski definition) is 1. The van der Waals surface area contributed by atoms with Crippen LogP contribution >= 0.6 is 0 Å². The number of para-hydroxylation sites is 1. The van der Waals surface area contributed by atoms with Crippen LogP contribution in [0, 0.1) is 5.82 Å². The smallest absolute Gasteiger partial charge is 0.326 e. The van der Waals surface area contributed by atoms with Crippen molar-refractivity contribution in [2.75, 3.05) is 13.2 Å². The number of halogens is 1. The van der Waals surface area contributed by atoms with Gasteiger partial charge in [0.2, 0.25) is 5.88 Å². The molecule has 0 aliphatic rings. The van der Waals surface area contributed by atoms with Crippen LogP contribution in [-0.4, -0.2) is 34.8 Å². The lowest BCUT2D eigenvalue weighted by atomic mass is 10.2. The first-order valence-corrected chi connectivity index (χ1v) is 8.78. The second kappa shape index (κ2) is 8.96. The van der Waals surface area contributed by atoms with E-state index in [1.165, 1.54) is 22.8 Å². The van der Waals surface area contributed by atoms with Gasteiger partial charge in [-0.25, -0.2) is 4.39 Å². The van der Waals surface area contributed by atoms with Crippen molar-refractivity contribution in [1.29, 1.82) is 0 Å².